The standard InChI is InChI=1S/C18H22O2/c1-13(19)14-8-10-16(11-9-14)20-17-7-5-6-15(12-17)18(2,3)4/h5-13,19H,1-4H3. The van der Waals surface area contributed by atoms with Gasteiger partial charge in [-0.1, -0.05) is 45.0 Å². The van der Waals surface area contributed by atoms with Gasteiger partial charge in [0.05, 0.1) is 6.10 Å². The van der Waals surface area contributed by atoms with Crippen LogP contribution in [0.4, 0.5) is 0 Å². The summed E-state index contributed by atoms with van der Waals surface area (Å²) in [6.45, 7) is 8.30. The van der Waals surface area contributed by atoms with E-state index < -0.39 is 6.10 Å². The van der Waals surface area contributed by atoms with Gasteiger partial charge in [-0.2, -0.15) is 0 Å². The summed E-state index contributed by atoms with van der Waals surface area (Å²) in [4.78, 5) is 0. The molecule has 0 spiro atoms. The Balaban J connectivity index is 2.18. The van der Waals surface area contributed by atoms with Crippen molar-refractivity contribution in [3.63, 3.8) is 0 Å². The number of benzene rings is 2. The SMILES string of the molecule is CC(O)c1ccc(Oc2cccc(C(C)(C)C)c2)cc1. The Hall–Kier alpha value is -1.80. The molecule has 0 aliphatic rings. The zero-order valence-electron chi connectivity index (χ0n) is 12.6. The Morgan fingerprint density at radius 1 is 0.950 bits per heavy atom. The van der Waals surface area contributed by atoms with Crippen molar-refractivity contribution in [2.75, 3.05) is 0 Å². The Morgan fingerprint density at radius 2 is 1.60 bits per heavy atom. The largest absolute Gasteiger partial charge is 0.457 e. The fraction of sp³-hybridized carbons (Fsp3) is 0.333. The van der Waals surface area contributed by atoms with Crippen LogP contribution in [0.15, 0.2) is 48.5 Å². The molecule has 0 saturated carbocycles. The second kappa shape index (κ2) is 5.68. The normalized spacial score (nSPS) is 13.1. The van der Waals surface area contributed by atoms with Gasteiger partial charge in [-0.25, -0.2) is 0 Å². The lowest BCUT2D eigenvalue weighted by molar-refractivity contribution is 0.199. The molecular formula is C18H22O2. The Labute approximate surface area is 121 Å². The zero-order valence-corrected chi connectivity index (χ0v) is 12.6. The summed E-state index contributed by atoms with van der Waals surface area (Å²) in [5, 5.41) is 9.49. The van der Waals surface area contributed by atoms with Crippen molar-refractivity contribution in [2.24, 2.45) is 0 Å². The summed E-state index contributed by atoms with van der Waals surface area (Å²) in [6, 6.07) is 15.7. The first kappa shape index (κ1) is 14.6. The molecule has 0 heterocycles. The molecule has 2 heteroatoms. The van der Waals surface area contributed by atoms with Crippen LogP contribution in [0.1, 0.15) is 44.9 Å². The van der Waals surface area contributed by atoms with Gasteiger partial charge in [-0.05, 0) is 47.7 Å². The predicted molar refractivity (Wildman–Crippen MR) is 82.3 cm³/mol. The van der Waals surface area contributed by atoms with Gasteiger partial charge in [0.1, 0.15) is 11.5 Å². The van der Waals surface area contributed by atoms with E-state index in [0.29, 0.717) is 0 Å². The van der Waals surface area contributed by atoms with Crippen LogP contribution in [0.5, 0.6) is 11.5 Å². The van der Waals surface area contributed by atoms with Gasteiger partial charge >= 0.3 is 0 Å². The molecule has 2 rings (SSSR count). The van der Waals surface area contributed by atoms with E-state index in [1.165, 1.54) is 5.56 Å². The van der Waals surface area contributed by atoms with Crippen LogP contribution >= 0.6 is 0 Å². The minimum Gasteiger partial charge on any atom is -0.457 e. The minimum atomic E-state index is -0.451. The molecule has 2 aromatic carbocycles. The van der Waals surface area contributed by atoms with Crippen molar-refractivity contribution in [1.29, 1.82) is 0 Å². The molecule has 1 atom stereocenters. The summed E-state index contributed by atoms with van der Waals surface area (Å²) in [6.07, 6.45) is -0.451. The van der Waals surface area contributed by atoms with Crippen molar-refractivity contribution < 1.29 is 9.84 Å². The van der Waals surface area contributed by atoms with Crippen LogP contribution < -0.4 is 4.74 Å². The average Bonchev–Trinajstić information content (AvgIpc) is 2.38. The molecule has 0 saturated heterocycles. The first-order valence-electron chi connectivity index (χ1n) is 6.93. The smallest absolute Gasteiger partial charge is 0.127 e. The van der Waals surface area contributed by atoms with E-state index in [9.17, 15) is 5.11 Å². The third kappa shape index (κ3) is 3.61. The third-order valence-electron chi connectivity index (χ3n) is 3.30. The van der Waals surface area contributed by atoms with Gasteiger partial charge in [0.2, 0.25) is 0 Å². The molecule has 0 aliphatic carbocycles. The highest BCUT2D eigenvalue weighted by Crippen LogP contribution is 2.28. The van der Waals surface area contributed by atoms with Gasteiger partial charge in [-0.15, -0.1) is 0 Å². The van der Waals surface area contributed by atoms with E-state index in [4.69, 9.17) is 4.74 Å². The Bertz CT molecular complexity index is 563. The van der Waals surface area contributed by atoms with Gasteiger partial charge in [0.15, 0.2) is 0 Å². The van der Waals surface area contributed by atoms with E-state index in [-0.39, 0.29) is 5.41 Å². The molecule has 0 amide bonds. The molecule has 20 heavy (non-hydrogen) atoms. The van der Waals surface area contributed by atoms with Crippen molar-refractivity contribution >= 4 is 0 Å². The van der Waals surface area contributed by atoms with E-state index in [2.05, 4.69) is 32.9 Å². The van der Waals surface area contributed by atoms with Crippen LogP contribution in [0.3, 0.4) is 0 Å². The van der Waals surface area contributed by atoms with Gasteiger partial charge in [0, 0.05) is 0 Å². The number of aliphatic hydroxyl groups excluding tert-OH is 1. The molecule has 2 nitrogen and oxygen atoms in total. The van der Waals surface area contributed by atoms with E-state index in [1.54, 1.807) is 6.92 Å². The summed E-state index contributed by atoms with van der Waals surface area (Å²) >= 11 is 0. The average molecular weight is 270 g/mol. The topological polar surface area (TPSA) is 29.5 Å². The Morgan fingerprint density at radius 3 is 2.15 bits per heavy atom. The highest BCUT2D eigenvalue weighted by molar-refractivity contribution is 5.37. The number of aliphatic hydroxyl groups is 1. The number of ether oxygens (including phenoxy) is 1. The zero-order chi connectivity index (χ0) is 14.8. The van der Waals surface area contributed by atoms with Crippen molar-refractivity contribution in [1.82, 2.24) is 0 Å². The number of hydrogen-bond acceptors (Lipinski definition) is 2. The molecule has 0 bridgehead atoms. The van der Waals surface area contributed by atoms with Crippen molar-refractivity contribution in [2.45, 2.75) is 39.2 Å². The fourth-order valence-electron chi connectivity index (χ4n) is 1.98. The molecule has 0 fully saturated rings. The predicted octanol–water partition coefficient (Wildman–Crippen LogP) is 4.83. The van der Waals surface area contributed by atoms with Crippen LogP contribution in [-0.4, -0.2) is 5.11 Å². The first-order valence-corrected chi connectivity index (χ1v) is 6.93. The fourth-order valence-corrected chi connectivity index (χ4v) is 1.98. The summed E-state index contributed by atoms with van der Waals surface area (Å²) in [5.74, 6) is 1.61. The second-order valence-electron chi connectivity index (χ2n) is 6.12. The van der Waals surface area contributed by atoms with E-state index in [0.717, 1.165) is 17.1 Å². The quantitative estimate of drug-likeness (QED) is 0.865. The second-order valence-corrected chi connectivity index (χ2v) is 6.12. The van der Waals surface area contributed by atoms with E-state index in [1.807, 2.05) is 36.4 Å². The summed E-state index contributed by atoms with van der Waals surface area (Å²) in [5.41, 5.74) is 2.24. The van der Waals surface area contributed by atoms with Crippen molar-refractivity contribution in [3.05, 3.63) is 59.7 Å². The molecule has 2 aromatic rings. The lowest BCUT2D eigenvalue weighted by Gasteiger charge is -2.19. The van der Waals surface area contributed by atoms with E-state index >= 15 is 0 Å². The number of hydrogen-bond donors (Lipinski definition) is 1. The maximum Gasteiger partial charge on any atom is 0.127 e. The lowest BCUT2D eigenvalue weighted by Crippen LogP contribution is -2.10. The van der Waals surface area contributed by atoms with Crippen molar-refractivity contribution in [3.8, 4) is 11.5 Å². The highest BCUT2D eigenvalue weighted by atomic mass is 16.5. The first-order chi connectivity index (χ1) is 9.36. The van der Waals surface area contributed by atoms with Gasteiger partial charge < -0.3 is 9.84 Å². The third-order valence-corrected chi connectivity index (χ3v) is 3.30. The number of rotatable bonds is 3. The molecule has 106 valence electrons. The van der Waals surface area contributed by atoms with Crippen LogP contribution in [0.25, 0.3) is 0 Å². The maximum absolute atomic E-state index is 9.49. The molecule has 0 aliphatic heterocycles. The minimum absolute atomic E-state index is 0.107. The van der Waals surface area contributed by atoms with Gasteiger partial charge in [-0.3, -0.25) is 0 Å². The molecule has 0 aromatic heterocycles. The van der Waals surface area contributed by atoms with Gasteiger partial charge in [0.25, 0.3) is 0 Å². The molecule has 0 radical (unpaired) electrons. The van der Waals surface area contributed by atoms with Crippen LogP contribution in [-0.2, 0) is 5.41 Å². The van der Waals surface area contributed by atoms with Crippen LogP contribution in [0, 0.1) is 0 Å². The molecule has 1 N–H and O–H groups in total. The Kier molecular flexibility index (Phi) is 4.15. The molecular weight excluding hydrogens is 248 g/mol. The highest BCUT2D eigenvalue weighted by Gasteiger charge is 2.14. The lowest BCUT2D eigenvalue weighted by atomic mass is 9.87. The van der Waals surface area contributed by atoms with Crippen LogP contribution in [0.2, 0.25) is 0 Å². The molecule has 1 unspecified atom stereocenters. The summed E-state index contributed by atoms with van der Waals surface area (Å²) in [7, 11) is 0. The maximum atomic E-state index is 9.49. The monoisotopic (exact) mass is 270 g/mol. The summed E-state index contributed by atoms with van der Waals surface area (Å²) < 4.78 is 5.87.